The van der Waals surface area contributed by atoms with Gasteiger partial charge in [-0.15, -0.1) is 0 Å². The summed E-state index contributed by atoms with van der Waals surface area (Å²) in [7, 11) is 0. The van der Waals surface area contributed by atoms with Gasteiger partial charge in [-0.3, -0.25) is 19.6 Å². The fourth-order valence-electron chi connectivity index (χ4n) is 2.06. The molecule has 1 aromatic rings. The largest absolute Gasteiger partial charge is 0.409 e. The van der Waals surface area contributed by atoms with Crippen LogP contribution in [0.15, 0.2) is 9.59 Å². The molecule has 6 nitrogen and oxygen atoms in total. The van der Waals surface area contributed by atoms with Crippen molar-refractivity contribution in [2.24, 2.45) is 5.92 Å². The molecule has 1 aromatic heterocycles. The van der Waals surface area contributed by atoms with E-state index < -0.39 is 17.2 Å². The number of hydrogen-bond donors (Lipinski definition) is 2. The van der Waals surface area contributed by atoms with Crippen molar-refractivity contribution in [2.75, 3.05) is 0 Å². The van der Waals surface area contributed by atoms with Crippen molar-refractivity contribution < 1.29 is 9.53 Å². The number of esters is 1. The van der Waals surface area contributed by atoms with Crippen LogP contribution in [0.3, 0.4) is 0 Å². The van der Waals surface area contributed by atoms with E-state index >= 15 is 0 Å². The van der Waals surface area contributed by atoms with Crippen LogP contribution in [0.25, 0.3) is 0 Å². The van der Waals surface area contributed by atoms with Crippen molar-refractivity contribution in [1.29, 1.82) is 0 Å². The third kappa shape index (κ3) is 1.46. The number of carbonyl (C=O) groups is 1. The molecular formula is C10H12N2O4. The highest BCUT2D eigenvalue weighted by atomic mass is 16.5. The normalized spacial score (nSPS) is 23.8. The van der Waals surface area contributed by atoms with Gasteiger partial charge in [0.05, 0.1) is 11.5 Å². The lowest BCUT2D eigenvalue weighted by Gasteiger charge is -2.26. The number of aromatic nitrogens is 2. The van der Waals surface area contributed by atoms with Crippen LogP contribution in [0.4, 0.5) is 0 Å². The minimum atomic E-state index is -0.666. The minimum Gasteiger partial charge on any atom is -0.409 e. The fourth-order valence-corrected chi connectivity index (χ4v) is 2.06. The SMILES string of the molecule is CCC1c2c([nH]c(=O)[nH]c2=O)OC(=O)C1C. The lowest BCUT2D eigenvalue weighted by atomic mass is 9.84. The number of nitrogens with one attached hydrogen (secondary N) is 2. The molecule has 2 unspecified atom stereocenters. The summed E-state index contributed by atoms with van der Waals surface area (Å²) in [5.41, 5.74) is -0.792. The Bertz CT molecular complexity index is 542. The van der Waals surface area contributed by atoms with Crippen molar-refractivity contribution in [3.8, 4) is 5.88 Å². The first-order valence-electron chi connectivity index (χ1n) is 5.12. The standard InChI is InChI=1S/C10H12N2O4/c1-3-5-4(2)9(14)16-8-6(5)7(13)11-10(15)12-8/h4-5H,3H2,1-2H3,(H2,11,12,13,15). The maximum absolute atomic E-state index is 11.6. The number of ether oxygens (including phenoxy) is 1. The van der Waals surface area contributed by atoms with Gasteiger partial charge in [0.2, 0.25) is 5.88 Å². The van der Waals surface area contributed by atoms with Crippen LogP contribution in [0.1, 0.15) is 31.7 Å². The summed E-state index contributed by atoms with van der Waals surface area (Å²) in [6, 6.07) is 0. The highest BCUT2D eigenvalue weighted by molar-refractivity contribution is 5.78. The topological polar surface area (TPSA) is 92.0 Å². The Morgan fingerprint density at radius 3 is 2.56 bits per heavy atom. The van der Waals surface area contributed by atoms with E-state index in [-0.39, 0.29) is 17.7 Å². The molecule has 86 valence electrons. The van der Waals surface area contributed by atoms with E-state index in [0.29, 0.717) is 12.0 Å². The molecule has 0 fully saturated rings. The zero-order valence-electron chi connectivity index (χ0n) is 8.99. The van der Waals surface area contributed by atoms with Gasteiger partial charge in [-0.25, -0.2) is 4.79 Å². The van der Waals surface area contributed by atoms with Gasteiger partial charge >= 0.3 is 11.7 Å². The summed E-state index contributed by atoms with van der Waals surface area (Å²) in [5, 5.41) is 0. The van der Waals surface area contributed by atoms with Gasteiger partial charge in [-0.05, 0) is 6.42 Å². The molecule has 2 N–H and O–H groups in total. The summed E-state index contributed by atoms with van der Waals surface area (Å²) >= 11 is 0. The monoisotopic (exact) mass is 224 g/mol. The van der Waals surface area contributed by atoms with Crippen molar-refractivity contribution >= 4 is 5.97 Å². The molecule has 2 heterocycles. The molecule has 1 aliphatic heterocycles. The number of H-pyrrole nitrogens is 2. The lowest BCUT2D eigenvalue weighted by molar-refractivity contribution is -0.141. The second kappa shape index (κ2) is 3.62. The van der Waals surface area contributed by atoms with Crippen LogP contribution in [0, 0.1) is 5.92 Å². The second-order valence-corrected chi connectivity index (χ2v) is 3.88. The highest BCUT2D eigenvalue weighted by Crippen LogP contribution is 2.35. The van der Waals surface area contributed by atoms with Crippen molar-refractivity contribution in [3.63, 3.8) is 0 Å². The van der Waals surface area contributed by atoms with Crippen molar-refractivity contribution in [2.45, 2.75) is 26.2 Å². The molecule has 0 spiro atoms. The van der Waals surface area contributed by atoms with Crippen molar-refractivity contribution in [3.05, 3.63) is 26.4 Å². The first kappa shape index (κ1) is 10.7. The van der Waals surface area contributed by atoms with Crippen LogP contribution in [0.2, 0.25) is 0 Å². The summed E-state index contributed by atoms with van der Waals surface area (Å²) in [6.45, 7) is 3.60. The number of rotatable bonds is 1. The average Bonchev–Trinajstić information content (AvgIpc) is 2.20. The molecule has 6 heteroatoms. The van der Waals surface area contributed by atoms with Crippen LogP contribution < -0.4 is 16.0 Å². The van der Waals surface area contributed by atoms with Gasteiger partial charge in [0.25, 0.3) is 5.56 Å². The van der Waals surface area contributed by atoms with Gasteiger partial charge in [0, 0.05) is 5.92 Å². The Labute approximate surface area is 90.7 Å². The molecule has 16 heavy (non-hydrogen) atoms. The van der Waals surface area contributed by atoms with Gasteiger partial charge in [0.15, 0.2) is 0 Å². The first-order valence-corrected chi connectivity index (χ1v) is 5.12. The lowest BCUT2D eigenvalue weighted by Crippen LogP contribution is -2.37. The summed E-state index contributed by atoms with van der Waals surface area (Å²) in [4.78, 5) is 38.6. The van der Waals surface area contributed by atoms with Crippen molar-refractivity contribution in [1.82, 2.24) is 9.97 Å². The Morgan fingerprint density at radius 2 is 1.94 bits per heavy atom. The predicted octanol–water partition coefficient (Wildman–Crippen LogP) is 0.112. The van der Waals surface area contributed by atoms with E-state index in [2.05, 4.69) is 9.97 Å². The molecule has 0 saturated carbocycles. The van der Waals surface area contributed by atoms with E-state index in [4.69, 9.17) is 4.74 Å². The molecule has 0 bridgehead atoms. The van der Waals surface area contributed by atoms with Gasteiger partial charge in [-0.1, -0.05) is 13.8 Å². The van der Waals surface area contributed by atoms with E-state index in [0.717, 1.165) is 0 Å². The minimum absolute atomic E-state index is 0.0105. The zero-order chi connectivity index (χ0) is 11.9. The van der Waals surface area contributed by atoms with Crippen LogP contribution in [-0.2, 0) is 4.79 Å². The molecule has 1 aliphatic rings. The summed E-state index contributed by atoms with van der Waals surface area (Å²) in [5.74, 6) is -1.01. The second-order valence-electron chi connectivity index (χ2n) is 3.88. The summed E-state index contributed by atoms with van der Waals surface area (Å²) < 4.78 is 4.92. The Morgan fingerprint density at radius 1 is 1.25 bits per heavy atom. The van der Waals surface area contributed by atoms with E-state index in [1.54, 1.807) is 6.92 Å². The van der Waals surface area contributed by atoms with Crippen LogP contribution in [-0.4, -0.2) is 15.9 Å². The quantitative estimate of drug-likeness (QED) is 0.662. The number of carbonyl (C=O) groups excluding carboxylic acids is 1. The Balaban J connectivity index is 2.69. The maximum atomic E-state index is 11.6. The number of fused-ring (bicyclic) bond motifs is 1. The Hall–Kier alpha value is -1.85. The number of aromatic amines is 2. The predicted molar refractivity (Wildman–Crippen MR) is 55.5 cm³/mol. The third-order valence-electron chi connectivity index (χ3n) is 2.93. The third-order valence-corrected chi connectivity index (χ3v) is 2.93. The van der Waals surface area contributed by atoms with E-state index in [9.17, 15) is 14.4 Å². The van der Waals surface area contributed by atoms with Gasteiger partial charge in [0.1, 0.15) is 0 Å². The first-order chi connectivity index (χ1) is 7.54. The number of hydrogen-bond acceptors (Lipinski definition) is 4. The van der Waals surface area contributed by atoms with Gasteiger partial charge in [-0.2, -0.15) is 0 Å². The molecule has 2 rings (SSSR count). The smallest absolute Gasteiger partial charge is 0.328 e. The molecule has 0 aromatic carbocycles. The average molecular weight is 224 g/mol. The van der Waals surface area contributed by atoms with Gasteiger partial charge < -0.3 is 4.74 Å². The molecule has 0 saturated heterocycles. The van der Waals surface area contributed by atoms with E-state index in [1.165, 1.54) is 0 Å². The highest BCUT2D eigenvalue weighted by Gasteiger charge is 2.36. The summed E-state index contributed by atoms with van der Waals surface area (Å²) in [6.07, 6.45) is 0.637. The molecule has 0 aliphatic carbocycles. The van der Waals surface area contributed by atoms with Crippen LogP contribution >= 0.6 is 0 Å². The van der Waals surface area contributed by atoms with Crippen LogP contribution in [0.5, 0.6) is 5.88 Å². The molecule has 0 amide bonds. The van der Waals surface area contributed by atoms with E-state index in [1.807, 2.05) is 6.92 Å². The molecular weight excluding hydrogens is 212 g/mol. The maximum Gasteiger partial charge on any atom is 0.328 e. The zero-order valence-corrected chi connectivity index (χ0v) is 8.99. The fraction of sp³-hybridized carbons (Fsp3) is 0.500. The molecule has 2 atom stereocenters. The Kier molecular flexibility index (Phi) is 2.41. The molecule has 0 radical (unpaired) electrons.